The minimum atomic E-state index is -5.25. The molecule has 6 nitrogen and oxygen atoms in total. The van der Waals surface area contributed by atoms with Crippen molar-refractivity contribution in [2.45, 2.75) is 51.2 Å². The van der Waals surface area contributed by atoms with Gasteiger partial charge in [-0.3, -0.25) is 9.30 Å². The summed E-state index contributed by atoms with van der Waals surface area (Å²) in [6.07, 6.45) is 2.68. The average molecular weight is 477 g/mol. The fourth-order valence-electron chi connectivity index (χ4n) is 3.42. The molecule has 0 amide bonds. The van der Waals surface area contributed by atoms with Gasteiger partial charge >= 0.3 is 15.5 Å². The van der Waals surface area contributed by atoms with Gasteiger partial charge in [-0.05, 0) is 37.9 Å². The molecule has 166 valence electrons. The van der Waals surface area contributed by atoms with Crippen LogP contribution >= 0.6 is 24.8 Å². The zero-order chi connectivity index (χ0) is 19.7. The first kappa shape index (κ1) is 26.0. The quantitative estimate of drug-likeness (QED) is 0.590. The van der Waals surface area contributed by atoms with E-state index < -0.39 is 15.5 Å². The number of aryl methyl sites for hydroxylation is 1. The van der Waals surface area contributed by atoms with Gasteiger partial charge in [-0.25, -0.2) is 18.1 Å². The first-order valence-corrected chi connectivity index (χ1v) is 10.5. The summed E-state index contributed by atoms with van der Waals surface area (Å²) in [5.41, 5.74) is -0.808. The first-order chi connectivity index (χ1) is 12.7. The van der Waals surface area contributed by atoms with Crippen molar-refractivity contribution in [1.82, 2.24) is 19.0 Å². The van der Waals surface area contributed by atoms with Gasteiger partial charge in [-0.1, -0.05) is 19.4 Å². The SMILES string of the molecule is CCc1nc2cccc3n2c1CN(CCCCCNS(=O)(=O)C(F)(F)F)C3.Cl.Cl. The fourth-order valence-corrected chi connectivity index (χ4v) is 4.00. The van der Waals surface area contributed by atoms with Crippen LogP contribution in [0.1, 0.15) is 43.3 Å². The van der Waals surface area contributed by atoms with E-state index in [1.165, 1.54) is 11.4 Å². The number of alkyl halides is 3. The molecule has 2 aromatic heterocycles. The summed E-state index contributed by atoms with van der Waals surface area (Å²) in [6.45, 7) is 4.27. The Morgan fingerprint density at radius 1 is 1.14 bits per heavy atom. The third kappa shape index (κ3) is 5.75. The van der Waals surface area contributed by atoms with Crippen molar-refractivity contribution < 1.29 is 21.6 Å². The minimum absolute atomic E-state index is 0. The molecule has 0 saturated heterocycles. The number of nitrogens with zero attached hydrogens (tertiary/aromatic N) is 3. The molecular formula is C17H25Cl2F3N4O2S. The van der Waals surface area contributed by atoms with Gasteiger partial charge in [0.05, 0.1) is 11.4 Å². The predicted molar refractivity (Wildman–Crippen MR) is 110 cm³/mol. The van der Waals surface area contributed by atoms with Crippen LogP contribution < -0.4 is 4.72 Å². The molecular weight excluding hydrogens is 452 g/mol. The normalized spacial score (nSPS) is 14.5. The lowest BCUT2D eigenvalue weighted by atomic mass is 10.1. The smallest absolute Gasteiger partial charge is 0.298 e. The van der Waals surface area contributed by atoms with E-state index in [1.54, 1.807) is 4.72 Å². The average Bonchev–Trinajstić information content (AvgIpc) is 2.96. The zero-order valence-corrected chi connectivity index (χ0v) is 18.4. The van der Waals surface area contributed by atoms with Gasteiger partial charge in [-0.15, -0.1) is 24.8 Å². The maximum Gasteiger partial charge on any atom is 0.511 e. The Hall–Kier alpha value is -1.07. The number of sulfonamides is 1. The molecule has 0 fully saturated rings. The molecule has 2 aromatic rings. The molecule has 0 radical (unpaired) electrons. The molecule has 1 aliphatic heterocycles. The number of halogens is 5. The highest BCUT2D eigenvalue weighted by molar-refractivity contribution is 7.90. The number of pyridine rings is 1. The summed E-state index contributed by atoms with van der Waals surface area (Å²) in [5.74, 6) is 0. The van der Waals surface area contributed by atoms with Gasteiger partial charge in [0.2, 0.25) is 0 Å². The number of rotatable bonds is 8. The highest BCUT2D eigenvalue weighted by Crippen LogP contribution is 2.24. The van der Waals surface area contributed by atoms with Gasteiger partial charge in [0.25, 0.3) is 0 Å². The number of imidazole rings is 1. The van der Waals surface area contributed by atoms with E-state index >= 15 is 0 Å². The molecule has 0 aliphatic carbocycles. The van der Waals surface area contributed by atoms with E-state index in [9.17, 15) is 21.6 Å². The second-order valence-corrected chi connectivity index (χ2v) is 8.44. The van der Waals surface area contributed by atoms with Crippen LogP contribution in [0.3, 0.4) is 0 Å². The van der Waals surface area contributed by atoms with Gasteiger partial charge in [0.1, 0.15) is 5.65 Å². The van der Waals surface area contributed by atoms with Gasteiger partial charge in [-0.2, -0.15) is 13.2 Å². The molecule has 0 bridgehead atoms. The second kappa shape index (κ2) is 10.3. The molecule has 29 heavy (non-hydrogen) atoms. The Balaban J connectivity index is 0.00000210. The third-order valence-corrected chi connectivity index (χ3v) is 5.94. The Morgan fingerprint density at radius 2 is 1.86 bits per heavy atom. The van der Waals surface area contributed by atoms with Crippen molar-refractivity contribution in [2.24, 2.45) is 0 Å². The minimum Gasteiger partial charge on any atom is -0.298 e. The summed E-state index contributed by atoms with van der Waals surface area (Å²) in [6, 6.07) is 6.08. The number of nitrogens with one attached hydrogen (secondary N) is 1. The van der Waals surface area contributed by atoms with Crippen molar-refractivity contribution >= 4 is 40.5 Å². The molecule has 0 atom stereocenters. The largest absolute Gasteiger partial charge is 0.511 e. The van der Waals surface area contributed by atoms with E-state index in [-0.39, 0.29) is 31.4 Å². The molecule has 0 saturated carbocycles. The summed E-state index contributed by atoms with van der Waals surface area (Å²) in [4.78, 5) is 6.98. The Labute approximate surface area is 180 Å². The van der Waals surface area contributed by atoms with E-state index in [0.29, 0.717) is 12.8 Å². The molecule has 1 aliphatic rings. The van der Waals surface area contributed by atoms with Crippen LogP contribution in [-0.4, -0.2) is 41.3 Å². The summed E-state index contributed by atoms with van der Waals surface area (Å²) in [5, 5.41) is 0. The van der Waals surface area contributed by atoms with Crippen molar-refractivity contribution in [1.29, 1.82) is 0 Å². The van der Waals surface area contributed by atoms with Gasteiger partial charge < -0.3 is 0 Å². The van der Waals surface area contributed by atoms with Crippen LogP contribution in [0.2, 0.25) is 0 Å². The first-order valence-electron chi connectivity index (χ1n) is 8.99. The topological polar surface area (TPSA) is 66.7 Å². The highest BCUT2D eigenvalue weighted by atomic mass is 35.5. The van der Waals surface area contributed by atoms with E-state index in [4.69, 9.17) is 0 Å². The van der Waals surface area contributed by atoms with Crippen LogP contribution in [0.25, 0.3) is 5.65 Å². The zero-order valence-electron chi connectivity index (χ0n) is 15.9. The summed E-state index contributed by atoms with van der Waals surface area (Å²) < 4.78 is 62.4. The van der Waals surface area contributed by atoms with Crippen molar-refractivity contribution in [2.75, 3.05) is 13.1 Å². The molecule has 3 heterocycles. The van der Waals surface area contributed by atoms with Gasteiger partial charge in [0.15, 0.2) is 0 Å². The molecule has 0 unspecified atom stereocenters. The standard InChI is InChI=1S/C17H23F3N4O2S.2ClH/c1-2-14-15-12-23(11-13-7-6-8-16(22-14)24(13)15)10-5-3-4-9-21-27(25,26)17(18,19)20;;/h6-8,21H,2-5,9-12H2,1H3;2*1H. The lowest BCUT2D eigenvalue weighted by Crippen LogP contribution is -2.37. The lowest BCUT2D eigenvalue weighted by molar-refractivity contribution is -0.0447. The van der Waals surface area contributed by atoms with Crippen LogP contribution in [0, 0.1) is 0 Å². The maximum atomic E-state index is 12.2. The highest BCUT2D eigenvalue weighted by Gasteiger charge is 2.45. The molecule has 12 heteroatoms. The molecule has 1 N–H and O–H groups in total. The number of hydrogen-bond acceptors (Lipinski definition) is 4. The van der Waals surface area contributed by atoms with Crippen LogP contribution in [0.15, 0.2) is 18.2 Å². The predicted octanol–water partition coefficient (Wildman–Crippen LogP) is 3.67. The van der Waals surface area contributed by atoms with Crippen molar-refractivity contribution in [3.63, 3.8) is 0 Å². The molecule has 3 rings (SSSR count). The van der Waals surface area contributed by atoms with Crippen molar-refractivity contribution in [3.8, 4) is 0 Å². The Kier molecular flexibility index (Phi) is 9.22. The molecule has 0 aromatic carbocycles. The van der Waals surface area contributed by atoms with E-state index in [2.05, 4.69) is 27.3 Å². The Bertz CT molecular complexity index is 919. The number of aromatic nitrogens is 2. The number of hydrogen-bond donors (Lipinski definition) is 1. The van der Waals surface area contributed by atoms with Gasteiger partial charge in [0, 0.05) is 25.3 Å². The summed E-state index contributed by atoms with van der Waals surface area (Å²) in [7, 11) is -5.23. The lowest BCUT2D eigenvalue weighted by Gasteiger charge is -2.28. The van der Waals surface area contributed by atoms with Crippen LogP contribution in [-0.2, 0) is 29.5 Å². The fraction of sp³-hybridized carbons (Fsp3) is 0.588. The second-order valence-electron chi connectivity index (χ2n) is 6.68. The monoisotopic (exact) mass is 476 g/mol. The number of unbranched alkanes of at least 4 members (excludes halogenated alkanes) is 2. The third-order valence-electron chi connectivity index (χ3n) is 4.74. The van der Waals surface area contributed by atoms with Crippen molar-refractivity contribution in [3.05, 3.63) is 35.3 Å². The Morgan fingerprint density at radius 3 is 2.52 bits per heavy atom. The van der Waals surface area contributed by atoms with Crippen LogP contribution in [0.5, 0.6) is 0 Å². The van der Waals surface area contributed by atoms with E-state index in [0.717, 1.165) is 43.8 Å². The van der Waals surface area contributed by atoms with Crippen LogP contribution in [0.4, 0.5) is 13.2 Å². The maximum absolute atomic E-state index is 12.2. The summed E-state index contributed by atoms with van der Waals surface area (Å²) >= 11 is 0. The van der Waals surface area contributed by atoms with E-state index in [1.807, 2.05) is 12.1 Å². The molecule has 0 spiro atoms.